The fraction of sp³-hybridized carbons (Fsp3) is 0.294. The maximum absolute atomic E-state index is 9.75. The molecule has 0 unspecified atom stereocenters. The van der Waals surface area contributed by atoms with Crippen LogP contribution in [-0.4, -0.2) is 20.5 Å². The van der Waals surface area contributed by atoms with Crippen LogP contribution < -0.4 is 9.47 Å². The van der Waals surface area contributed by atoms with Crippen molar-refractivity contribution in [3.05, 3.63) is 53.0 Å². The molecule has 0 aliphatic rings. The summed E-state index contributed by atoms with van der Waals surface area (Å²) in [6, 6.07) is 13.5. The van der Waals surface area contributed by atoms with Gasteiger partial charge in [-0.2, -0.15) is 0 Å². The first-order chi connectivity index (χ1) is 12.6. The van der Waals surface area contributed by atoms with Gasteiger partial charge in [-0.05, 0) is 20.8 Å². The van der Waals surface area contributed by atoms with Gasteiger partial charge in [-0.25, -0.2) is 0 Å². The van der Waals surface area contributed by atoms with Gasteiger partial charge in [0.25, 0.3) is 0 Å². The number of diazo groups is 1. The van der Waals surface area contributed by atoms with Crippen LogP contribution >= 0.6 is 12.6 Å². The highest BCUT2D eigenvalue weighted by Crippen LogP contribution is 2.37. The van der Waals surface area contributed by atoms with Crippen molar-refractivity contribution in [2.24, 2.45) is 0 Å². The van der Waals surface area contributed by atoms with E-state index in [0.29, 0.717) is 35.3 Å². The average molecular weight is 404 g/mol. The number of aryl methyl sites for hydroxylation is 1. The van der Waals surface area contributed by atoms with Crippen molar-refractivity contribution in [2.75, 3.05) is 13.2 Å². The first kappa shape index (κ1) is 24.6. The van der Waals surface area contributed by atoms with E-state index < -0.39 is 7.25 Å². The topological polar surface area (TPSA) is 46.6 Å². The van der Waals surface area contributed by atoms with E-state index in [1.807, 2.05) is 32.0 Å². The van der Waals surface area contributed by atoms with E-state index in [2.05, 4.69) is 36.7 Å². The fourth-order valence-corrected chi connectivity index (χ4v) is 1.94. The normalized spacial score (nSPS) is 9.74. The highest BCUT2D eigenvalue weighted by Gasteiger charge is 2.20. The second-order valence-corrected chi connectivity index (χ2v) is 5.39. The second-order valence-electron chi connectivity index (χ2n) is 4.90. The lowest BCUT2D eigenvalue weighted by atomic mass is 10.2. The molecule has 0 heterocycles. The van der Waals surface area contributed by atoms with Crippen LogP contribution in [0.5, 0.6) is 11.5 Å². The molecule has 0 N–H and O–H groups in total. The summed E-state index contributed by atoms with van der Waals surface area (Å²) in [6.07, 6.45) is 0. The summed E-state index contributed by atoms with van der Waals surface area (Å²) >= 11 is 4.25. The molecule has 0 saturated carbocycles. The van der Waals surface area contributed by atoms with Crippen molar-refractivity contribution >= 4 is 25.6 Å². The van der Waals surface area contributed by atoms with Crippen molar-refractivity contribution in [3.8, 4) is 11.5 Å². The van der Waals surface area contributed by atoms with E-state index in [0.717, 1.165) is 0 Å². The second kappa shape index (κ2) is 12.9. The molecule has 2 rings (SSSR count). The number of hydrogen-bond donors (Lipinski definition) is 1. The Morgan fingerprint density at radius 1 is 0.963 bits per heavy atom. The Morgan fingerprint density at radius 2 is 1.44 bits per heavy atom. The van der Waals surface area contributed by atoms with Gasteiger partial charge in [-0.15, -0.1) is 12.6 Å². The van der Waals surface area contributed by atoms with Crippen molar-refractivity contribution < 1.29 is 26.7 Å². The molecule has 10 heteroatoms. The van der Waals surface area contributed by atoms with Crippen LogP contribution in [0, 0.1) is 12.3 Å². The minimum atomic E-state index is -6.00. The third kappa shape index (κ3) is 12.6. The molecule has 148 valence electrons. The van der Waals surface area contributed by atoms with Gasteiger partial charge < -0.3 is 26.7 Å². The summed E-state index contributed by atoms with van der Waals surface area (Å²) in [5.74, 6) is 1.07. The first-order valence-corrected chi connectivity index (χ1v) is 8.43. The highest BCUT2D eigenvalue weighted by molar-refractivity contribution is 7.80. The van der Waals surface area contributed by atoms with Gasteiger partial charge in [-0.3, -0.25) is 0 Å². The monoisotopic (exact) mass is 404 g/mol. The van der Waals surface area contributed by atoms with Crippen molar-refractivity contribution in [2.45, 2.75) is 25.7 Å². The standard InChI is InChI=1S/C10H12N2O2S.C7H8.BF4/c1-3-13-8-6-10(15)9(14-4-2)5-7(8)12-11;1-7-5-3-2-4-6-7;2-1(3,4)5/h5-6H,3-4H2,1-2H3;2-6H,1H3;/q;;-1/p+1. The molecule has 4 nitrogen and oxygen atoms in total. The van der Waals surface area contributed by atoms with Crippen LogP contribution in [-0.2, 0) is 0 Å². The van der Waals surface area contributed by atoms with Crippen molar-refractivity contribution in [3.63, 3.8) is 0 Å². The van der Waals surface area contributed by atoms with Crippen LogP contribution in [0.1, 0.15) is 19.4 Å². The molecule has 0 fully saturated rings. The van der Waals surface area contributed by atoms with Gasteiger partial charge in [0.1, 0.15) is 5.75 Å². The Hall–Kier alpha value is -2.41. The van der Waals surface area contributed by atoms with E-state index in [-0.39, 0.29) is 0 Å². The maximum Gasteiger partial charge on any atom is 0.673 e. The van der Waals surface area contributed by atoms with E-state index in [9.17, 15) is 17.3 Å². The van der Waals surface area contributed by atoms with Gasteiger partial charge in [0, 0.05) is 6.07 Å². The molecule has 2 aromatic rings. The van der Waals surface area contributed by atoms with E-state index >= 15 is 0 Å². The van der Waals surface area contributed by atoms with Crippen LogP contribution in [0.2, 0.25) is 0 Å². The van der Waals surface area contributed by atoms with Crippen molar-refractivity contribution in [1.29, 1.82) is 5.39 Å². The predicted octanol–water partition coefficient (Wildman–Crippen LogP) is 6.55. The number of nitrogens with zero attached hydrogens (tertiary/aromatic N) is 2. The number of ether oxygens (including phenoxy) is 2. The Kier molecular flexibility index (Phi) is 11.7. The number of rotatable bonds is 4. The molecular formula is C17H21BF4N2O2S. The molecule has 0 spiro atoms. The quantitative estimate of drug-likeness (QED) is 0.272. The summed E-state index contributed by atoms with van der Waals surface area (Å²) < 4.78 is 49.6. The summed E-state index contributed by atoms with van der Waals surface area (Å²) in [6.45, 7) is 6.85. The third-order valence-electron chi connectivity index (χ3n) is 2.69. The fourth-order valence-electron chi connectivity index (χ4n) is 1.69. The zero-order valence-corrected chi connectivity index (χ0v) is 16.1. The number of hydrogen-bond acceptors (Lipinski definition) is 4. The average Bonchev–Trinajstić information content (AvgIpc) is 2.57. The Labute approximate surface area is 161 Å². The molecule has 0 radical (unpaired) electrons. The van der Waals surface area contributed by atoms with E-state index in [1.165, 1.54) is 5.56 Å². The molecule has 0 saturated heterocycles. The van der Waals surface area contributed by atoms with Gasteiger partial charge in [0.2, 0.25) is 11.1 Å². The Bertz CT molecular complexity index is 719. The van der Waals surface area contributed by atoms with Crippen molar-refractivity contribution in [1.82, 2.24) is 0 Å². The van der Waals surface area contributed by atoms with Gasteiger partial charge in [-0.1, -0.05) is 35.9 Å². The van der Waals surface area contributed by atoms with Gasteiger partial charge >= 0.3 is 12.9 Å². The smallest absolute Gasteiger partial charge is 0.492 e. The molecule has 0 atom stereocenters. The molecule has 0 amide bonds. The number of halogens is 4. The largest absolute Gasteiger partial charge is 0.673 e. The molecule has 0 aromatic heterocycles. The van der Waals surface area contributed by atoms with Crippen LogP contribution in [0.4, 0.5) is 23.0 Å². The summed E-state index contributed by atoms with van der Waals surface area (Å²) in [4.78, 5) is 3.79. The molecule has 2 aromatic carbocycles. The zero-order valence-electron chi connectivity index (χ0n) is 15.2. The Morgan fingerprint density at radius 3 is 1.81 bits per heavy atom. The highest BCUT2D eigenvalue weighted by atomic mass is 32.1. The molecule has 27 heavy (non-hydrogen) atoms. The minimum absolute atomic E-state index is 0.345. The first-order valence-electron chi connectivity index (χ1n) is 7.99. The lowest BCUT2D eigenvalue weighted by Gasteiger charge is -2.06. The number of thiol groups is 1. The molecule has 0 bridgehead atoms. The zero-order chi connectivity index (χ0) is 20.9. The maximum atomic E-state index is 9.75. The SMILES string of the molecule is CCOc1cc([N+]#N)c(OCC)cc1S.Cc1ccccc1.F[B-](F)(F)F. The predicted molar refractivity (Wildman–Crippen MR) is 102 cm³/mol. The molecule has 0 aliphatic carbocycles. The van der Waals surface area contributed by atoms with E-state index in [1.54, 1.807) is 12.1 Å². The summed E-state index contributed by atoms with van der Waals surface area (Å²) in [7, 11) is -6.00. The van der Waals surface area contributed by atoms with Gasteiger partial charge in [0.05, 0.1) is 24.2 Å². The number of benzene rings is 2. The lowest BCUT2D eigenvalue weighted by Crippen LogP contribution is -2.02. The van der Waals surface area contributed by atoms with Gasteiger partial charge in [0.15, 0.2) is 4.98 Å². The Balaban J connectivity index is 0.000000463. The minimum Gasteiger partial charge on any atom is -0.492 e. The van der Waals surface area contributed by atoms with Crippen LogP contribution in [0.15, 0.2) is 47.4 Å². The summed E-state index contributed by atoms with van der Waals surface area (Å²) in [5, 5.41) is 8.79. The summed E-state index contributed by atoms with van der Waals surface area (Å²) in [5.41, 5.74) is 1.67. The van der Waals surface area contributed by atoms with E-state index in [4.69, 9.17) is 14.9 Å². The van der Waals surface area contributed by atoms with Crippen LogP contribution in [0.25, 0.3) is 4.98 Å². The molecule has 0 aliphatic heterocycles. The third-order valence-corrected chi connectivity index (χ3v) is 3.04. The molecular weight excluding hydrogens is 383 g/mol. The van der Waals surface area contributed by atoms with Crippen LogP contribution in [0.3, 0.4) is 0 Å². The lowest BCUT2D eigenvalue weighted by molar-refractivity contribution is 0.325.